The van der Waals surface area contributed by atoms with Crippen LogP contribution in [0.2, 0.25) is 0 Å². The second-order valence-electron chi connectivity index (χ2n) is 4.93. The molecule has 3 nitrogen and oxygen atoms in total. The van der Waals surface area contributed by atoms with Crippen LogP contribution in [-0.2, 0) is 9.53 Å². The van der Waals surface area contributed by atoms with Gasteiger partial charge in [-0.3, -0.25) is 4.79 Å². The maximum atomic E-state index is 11.7. The van der Waals surface area contributed by atoms with E-state index in [1.54, 1.807) is 6.92 Å². The zero-order valence-corrected chi connectivity index (χ0v) is 10.6. The number of hydrogen-bond donors (Lipinski definition) is 0. The first-order valence-corrected chi connectivity index (χ1v) is 6.63. The molecule has 0 aliphatic carbocycles. The van der Waals surface area contributed by atoms with E-state index in [0.717, 1.165) is 39.0 Å². The van der Waals surface area contributed by atoms with Gasteiger partial charge in [0.05, 0.1) is 5.60 Å². The Morgan fingerprint density at radius 3 is 2.50 bits per heavy atom. The summed E-state index contributed by atoms with van der Waals surface area (Å²) >= 11 is 5.82. The summed E-state index contributed by atoms with van der Waals surface area (Å²) in [5.41, 5.74) is 0.0740. The summed E-state index contributed by atoms with van der Waals surface area (Å²) in [5.74, 6) is 0.0623. The normalized spacial score (nSPS) is 26.8. The van der Waals surface area contributed by atoms with Gasteiger partial charge in [0.25, 0.3) is 0 Å². The van der Waals surface area contributed by atoms with Crippen LogP contribution in [0.25, 0.3) is 0 Å². The lowest BCUT2D eigenvalue weighted by Gasteiger charge is -2.44. The van der Waals surface area contributed by atoms with E-state index in [1.807, 2.05) is 4.90 Å². The van der Waals surface area contributed by atoms with Crippen LogP contribution in [0, 0.1) is 0 Å². The van der Waals surface area contributed by atoms with Gasteiger partial charge in [0, 0.05) is 19.7 Å². The number of piperidine rings is 1. The van der Waals surface area contributed by atoms with E-state index in [-0.39, 0.29) is 11.5 Å². The van der Waals surface area contributed by atoms with Gasteiger partial charge in [-0.05, 0) is 39.0 Å². The highest BCUT2D eigenvalue weighted by atomic mass is 35.5. The Hall–Kier alpha value is -0.280. The summed E-state index contributed by atoms with van der Waals surface area (Å²) in [6.45, 7) is 4.23. The van der Waals surface area contributed by atoms with E-state index in [2.05, 4.69) is 0 Å². The Kier molecular flexibility index (Phi) is 3.75. The van der Waals surface area contributed by atoms with Gasteiger partial charge in [0.15, 0.2) is 0 Å². The maximum Gasteiger partial charge on any atom is 0.240 e. The van der Waals surface area contributed by atoms with Crippen molar-refractivity contribution in [2.75, 3.05) is 19.7 Å². The van der Waals surface area contributed by atoms with Crippen molar-refractivity contribution in [3.05, 3.63) is 0 Å². The van der Waals surface area contributed by atoms with Crippen LogP contribution in [0.5, 0.6) is 0 Å². The second kappa shape index (κ2) is 4.92. The third-order valence-electron chi connectivity index (χ3n) is 3.76. The van der Waals surface area contributed by atoms with Crippen molar-refractivity contribution in [1.82, 2.24) is 4.90 Å². The van der Waals surface area contributed by atoms with Gasteiger partial charge in [-0.1, -0.05) is 0 Å². The van der Waals surface area contributed by atoms with Crippen molar-refractivity contribution in [2.45, 2.75) is 50.0 Å². The molecule has 0 aromatic carbocycles. The highest BCUT2D eigenvalue weighted by Crippen LogP contribution is 2.34. The lowest BCUT2D eigenvalue weighted by Crippen LogP contribution is -2.50. The fourth-order valence-electron chi connectivity index (χ4n) is 2.69. The van der Waals surface area contributed by atoms with Gasteiger partial charge in [-0.15, -0.1) is 11.6 Å². The maximum absolute atomic E-state index is 11.7. The van der Waals surface area contributed by atoms with Crippen molar-refractivity contribution in [2.24, 2.45) is 0 Å². The number of alkyl halides is 1. The number of nitrogens with zero attached hydrogens (tertiary/aromatic N) is 1. The minimum Gasteiger partial charge on any atom is -0.375 e. The van der Waals surface area contributed by atoms with E-state index in [1.165, 1.54) is 12.8 Å². The minimum absolute atomic E-state index is 0.0623. The minimum atomic E-state index is -0.402. The van der Waals surface area contributed by atoms with Crippen molar-refractivity contribution >= 4 is 17.5 Å². The number of halogens is 1. The summed E-state index contributed by atoms with van der Waals surface area (Å²) < 4.78 is 5.92. The third kappa shape index (κ3) is 2.51. The molecule has 1 amide bonds. The molecule has 92 valence electrons. The van der Waals surface area contributed by atoms with Crippen LogP contribution >= 0.6 is 11.6 Å². The van der Waals surface area contributed by atoms with E-state index >= 15 is 0 Å². The standard InChI is InChI=1S/C12H20ClNO2/c1-10(13)11(15)14-7-5-12(6-8-14)4-2-3-9-16-12/h10H,2-9H2,1H3/t10-/m1/s1. The van der Waals surface area contributed by atoms with Gasteiger partial charge in [0.1, 0.15) is 5.38 Å². The molecule has 2 aliphatic rings. The monoisotopic (exact) mass is 245 g/mol. The van der Waals surface area contributed by atoms with E-state index in [4.69, 9.17) is 16.3 Å². The molecule has 2 saturated heterocycles. The number of hydrogen-bond acceptors (Lipinski definition) is 2. The first-order chi connectivity index (χ1) is 7.63. The predicted octanol–water partition coefficient (Wildman–Crippen LogP) is 2.18. The molecule has 0 bridgehead atoms. The van der Waals surface area contributed by atoms with Crippen LogP contribution in [-0.4, -0.2) is 41.5 Å². The number of carbonyl (C=O) groups excluding carboxylic acids is 1. The fraction of sp³-hybridized carbons (Fsp3) is 0.917. The molecule has 2 aliphatic heterocycles. The number of amides is 1. The molecule has 0 aromatic heterocycles. The predicted molar refractivity (Wildman–Crippen MR) is 63.7 cm³/mol. The molecule has 16 heavy (non-hydrogen) atoms. The summed E-state index contributed by atoms with van der Waals surface area (Å²) in [6.07, 6.45) is 5.55. The Bertz CT molecular complexity index is 252. The smallest absolute Gasteiger partial charge is 0.240 e. The number of rotatable bonds is 1. The number of carbonyl (C=O) groups is 1. The highest BCUT2D eigenvalue weighted by Gasteiger charge is 2.38. The Balaban J connectivity index is 1.88. The molecule has 2 rings (SSSR count). The van der Waals surface area contributed by atoms with Crippen LogP contribution in [0.1, 0.15) is 39.0 Å². The zero-order valence-electron chi connectivity index (χ0n) is 9.88. The van der Waals surface area contributed by atoms with Crippen LogP contribution in [0.15, 0.2) is 0 Å². The van der Waals surface area contributed by atoms with E-state index < -0.39 is 5.38 Å². The average Bonchev–Trinajstić information content (AvgIpc) is 2.30. The molecule has 0 aromatic rings. The Morgan fingerprint density at radius 1 is 1.31 bits per heavy atom. The molecule has 0 saturated carbocycles. The fourth-order valence-corrected chi connectivity index (χ4v) is 2.83. The number of ether oxygens (including phenoxy) is 1. The van der Waals surface area contributed by atoms with Crippen molar-refractivity contribution in [3.63, 3.8) is 0 Å². The molecule has 0 radical (unpaired) electrons. The van der Waals surface area contributed by atoms with Crippen molar-refractivity contribution in [1.29, 1.82) is 0 Å². The first-order valence-electron chi connectivity index (χ1n) is 6.20. The SMILES string of the molecule is C[C@@H](Cl)C(=O)N1CCC2(CCCCO2)CC1. The van der Waals surface area contributed by atoms with Crippen LogP contribution in [0.4, 0.5) is 0 Å². The molecule has 1 atom stereocenters. The van der Waals surface area contributed by atoms with Gasteiger partial charge in [-0.2, -0.15) is 0 Å². The Labute approximate surface area is 102 Å². The lowest BCUT2D eigenvalue weighted by atomic mass is 9.84. The van der Waals surface area contributed by atoms with Crippen molar-refractivity contribution in [3.8, 4) is 0 Å². The second-order valence-corrected chi connectivity index (χ2v) is 5.58. The zero-order chi connectivity index (χ0) is 11.6. The molecule has 0 unspecified atom stereocenters. The average molecular weight is 246 g/mol. The van der Waals surface area contributed by atoms with Gasteiger partial charge in [-0.25, -0.2) is 0 Å². The molecule has 2 fully saturated rings. The lowest BCUT2D eigenvalue weighted by molar-refractivity contribution is -0.142. The molecule has 1 spiro atoms. The molecule has 4 heteroatoms. The molecular weight excluding hydrogens is 226 g/mol. The molecule has 2 heterocycles. The number of likely N-dealkylation sites (tertiary alicyclic amines) is 1. The third-order valence-corrected chi connectivity index (χ3v) is 3.95. The van der Waals surface area contributed by atoms with Gasteiger partial charge in [0.2, 0.25) is 5.91 Å². The summed E-state index contributed by atoms with van der Waals surface area (Å²) in [6, 6.07) is 0. The molecular formula is C12H20ClNO2. The quantitative estimate of drug-likeness (QED) is 0.663. The van der Waals surface area contributed by atoms with Gasteiger partial charge >= 0.3 is 0 Å². The largest absolute Gasteiger partial charge is 0.375 e. The van der Waals surface area contributed by atoms with Crippen LogP contribution < -0.4 is 0 Å². The highest BCUT2D eigenvalue weighted by molar-refractivity contribution is 6.30. The summed E-state index contributed by atoms with van der Waals surface area (Å²) in [5, 5.41) is -0.402. The van der Waals surface area contributed by atoms with Crippen molar-refractivity contribution < 1.29 is 9.53 Å². The summed E-state index contributed by atoms with van der Waals surface area (Å²) in [7, 11) is 0. The Morgan fingerprint density at radius 2 is 2.00 bits per heavy atom. The van der Waals surface area contributed by atoms with E-state index in [9.17, 15) is 4.79 Å². The van der Waals surface area contributed by atoms with Gasteiger partial charge < -0.3 is 9.64 Å². The first kappa shape index (κ1) is 12.2. The molecule has 0 N–H and O–H groups in total. The van der Waals surface area contributed by atoms with Crippen LogP contribution in [0.3, 0.4) is 0 Å². The topological polar surface area (TPSA) is 29.5 Å². The summed E-state index contributed by atoms with van der Waals surface area (Å²) in [4.78, 5) is 13.6. The van der Waals surface area contributed by atoms with E-state index in [0.29, 0.717) is 0 Å².